The van der Waals surface area contributed by atoms with Gasteiger partial charge in [0.1, 0.15) is 5.82 Å². The maximum Gasteiger partial charge on any atom is 0.337 e. The molecule has 0 fully saturated rings. The lowest BCUT2D eigenvalue weighted by Gasteiger charge is -2.26. The number of rotatable bonds is 4. The summed E-state index contributed by atoms with van der Waals surface area (Å²) in [6, 6.07) is 22.5. The van der Waals surface area contributed by atoms with Gasteiger partial charge < -0.3 is 9.72 Å². The number of nitrogens with zero attached hydrogens (tertiary/aromatic N) is 1. The summed E-state index contributed by atoms with van der Waals surface area (Å²) in [6.45, 7) is 8.79. The van der Waals surface area contributed by atoms with Crippen LogP contribution in [0.5, 0.6) is 0 Å². The number of aryl methyl sites for hydroxylation is 1. The van der Waals surface area contributed by atoms with E-state index in [9.17, 15) is 9.18 Å². The summed E-state index contributed by atoms with van der Waals surface area (Å²) in [4.78, 5) is 17.3. The number of halogens is 1. The number of esters is 1. The Labute approximate surface area is 213 Å². The number of methoxy groups -OCH3 is 1. The van der Waals surface area contributed by atoms with Crippen LogP contribution >= 0.6 is 0 Å². The highest BCUT2D eigenvalue weighted by molar-refractivity contribution is 5.92. The summed E-state index contributed by atoms with van der Waals surface area (Å²) in [5, 5.41) is 1.30. The molecule has 2 heterocycles. The number of nitrogens with one attached hydrogen (secondary N) is 1. The van der Waals surface area contributed by atoms with Crippen LogP contribution in [0.4, 0.5) is 4.39 Å². The minimum Gasteiger partial charge on any atom is -0.465 e. The lowest BCUT2D eigenvalue weighted by molar-refractivity contribution is 0.0600. The molecule has 0 saturated heterocycles. The Hall–Kier alpha value is -3.70. The summed E-state index contributed by atoms with van der Waals surface area (Å²) < 4.78 is 16.8. The maximum atomic E-state index is 12.1. The van der Waals surface area contributed by atoms with Crippen molar-refractivity contribution in [2.24, 2.45) is 0 Å². The van der Waals surface area contributed by atoms with Crippen molar-refractivity contribution in [1.82, 2.24) is 9.88 Å². The van der Waals surface area contributed by atoms with E-state index in [0.717, 1.165) is 31.6 Å². The topological polar surface area (TPSA) is 45.3 Å². The molecule has 4 aromatic rings. The van der Waals surface area contributed by atoms with Gasteiger partial charge in [-0.2, -0.15) is 0 Å². The van der Waals surface area contributed by atoms with Gasteiger partial charge in [-0.05, 0) is 54.8 Å². The zero-order valence-electron chi connectivity index (χ0n) is 21.6. The highest BCUT2D eigenvalue weighted by Gasteiger charge is 2.16. The average Bonchev–Trinajstić information content (AvgIpc) is 3.36. The monoisotopic (exact) mass is 486 g/mol. The molecule has 1 aromatic heterocycles. The number of aromatic nitrogens is 1. The number of H-pyrrole nitrogens is 1. The molecular weight excluding hydrogens is 451 g/mol. The van der Waals surface area contributed by atoms with E-state index in [2.05, 4.69) is 46.4 Å². The highest BCUT2D eigenvalue weighted by Crippen LogP contribution is 2.29. The van der Waals surface area contributed by atoms with Crippen LogP contribution in [0.15, 0.2) is 85.1 Å². The minimum atomic E-state index is -0.291. The third-order valence-corrected chi connectivity index (χ3v) is 6.02. The third-order valence-electron chi connectivity index (χ3n) is 6.02. The maximum absolute atomic E-state index is 12.1. The molecule has 0 unspecified atom stereocenters. The van der Waals surface area contributed by atoms with Crippen molar-refractivity contribution in [1.29, 1.82) is 0 Å². The molecule has 0 spiro atoms. The van der Waals surface area contributed by atoms with Gasteiger partial charge in [0, 0.05) is 42.3 Å². The second-order valence-corrected chi connectivity index (χ2v) is 8.45. The number of ether oxygens (including phenoxy) is 1. The quantitative estimate of drug-likeness (QED) is 0.306. The standard InChI is InChI=1S/C22H22N2O2.C7H7F.C2H6/c1-26-22(25)18-8-6-16(7-9-18)15-24-12-10-17(11-13-24)20-14-23-21-5-3-2-4-19(20)21;1-6-2-4-7(8)5-3-6;1-2/h2-10,14,23H,11-13,15H2,1H3;2-5H,1H3;1-2H3. The van der Waals surface area contributed by atoms with Crippen LogP contribution in [0.25, 0.3) is 16.5 Å². The Morgan fingerprint density at radius 2 is 1.69 bits per heavy atom. The van der Waals surface area contributed by atoms with Gasteiger partial charge in [-0.25, -0.2) is 9.18 Å². The lowest BCUT2D eigenvalue weighted by atomic mass is 9.98. The summed E-state index contributed by atoms with van der Waals surface area (Å²) in [7, 11) is 1.40. The molecule has 5 rings (SSSR count). The second kappa shape index (κ2) is 13.4. The van der Waals surface area contributed by atoms with Crippen molar-refractivity contribution in [3.05, 3.63) is 113 Å². The predicted octanol–water partition coefficient (Wildman–Crippen LogP) is 7.40. The number of hydrogen-bond donors (Lipinski definition) is 1. The minimum absolute atomic E-state index is 0.171. The van der Waals surface area contributed by atoms with Crippen molar-refractivity contribution >= 4 is 22.4 Å². The molecule has 0 saturated carbocycles. The van der Waals surface area contributed by atoms with E-state index in [1.54, 1.807) is 12.1 Å². The Bertz CT molecular complexity index is 1250. The molecule has 0 amide bonds. The highest BCUT2D eigenvalue weighted by atomic mass is 19.1. The van der Waals surface area contributed by atoms with Gasteiger partial charge in [0.2, 0.25) is 0 Å². The van der Waals surface area contributed by atoms with Gasteiger partial charge in [-0.1, -0.05) is 68.0 Å². The molecule has 4 nitrogen and oxygen atoms in total. The van der Waals surface area contributed by atoms with Gasteiger partial charge >= 0.3 is 5.97 Å². The normalized spacial score (nSPS) is 13.1. The zero-order chi connectivity index (χ0) is 25.9. The van der Waals surface area contributed by atoms with Crippen LogP contribution < -0.4 is 0 Å². The van der Waals surface area contributed by atoms with Crippen molar-refractivity contribution < 1.29 is 13.9 Å². The number of benzene rings is 3. The van der Waals surface area contributed by atoms with E-state index in [4.69, 9.17) is 4.74 Å². The summed E-state index contributed by atoms with van der Waals surface area (Å²) in [5.41, 5.74) is 6.82. The van der Waals surface area contributed by atoms with Crippen LogP contribution in [-0.4, -0.2) is 36.1 Å². The van der Waals surface area contributed by atoms with E-state index in [-0.39, 0.29) is 11.8 Å². The van der Waals surface area contributed by atoms with E-state index in [1.807, 2.05) is 45.0 Å². The van der Waals surface area contributed by atoms with E-state index in [0.29, 0.717) is 5.56 Å². The lowest BCUT2D eigenvalue weighted by Crippen LogP contribution is -2.28. The Balaban J connectivity index is 0.000000305. The third kappa shape index (κ3) is 7.15. The van der Waals surface area contributed by atoms with Crippen LogP contribution in [0.2, 0.25) is 0 Å². The SMILES string of the molecule is CC.COC(=O)c1ccc(CN2CC=C(c3c[nH]c4ccccc34)CC2)cc1.Cc1ccc(F)cc1. The molecule has 5 heteroatoms. The van der Waals surface area contributed by atoms with Crippen molar-refractivity contribution in [3.63, 3.8) is 0 Å². The Morgan fingerprint density at radius 3 is 2.31 bits per heavy atom. The van der Waals surface area contributed by atoms with Gasteiger partial charge in [-0.15, -0.1) is 0 Å². The van der Waals surface area contributed by atoms with E-state index < -0.39 is 0 Å². The predicted molar refractivity (Wildman–Crippen MR) is 146 cm³/mol. The van der Waals surface area contributed by atoms with E-state index in [1.165, 1.54) is 46.8 Å². The summed E-state index contributed by atoms with van der Waals surface area (Å²) in [6.07, 6.45) is 5.50. The smallest absolute Gasteiger partial charge is 0.337 e. The van der Waals surface area contributed by atoms with Gasteiger partial charge in [0.05, 0.1) is 12.7 Å². The first kappa shape index (κ1) is 26.9. The molecule has 1 N–H and O–H groups in total. The molecule has 1 aliphatic heterocycles. The van der Waals surface area contributed by atoms with Gasteiger partial charge in [0.25, 0.3) is 0 Å². The summed E-state index contributed by atoms with van der Waals surface area (Å²) in [5.74, 6) is -0.462. The van der Waals surface area contributed by atoms with Crippen LogP contribution in [0.3, 0.4) is 0 Å². The molecule has 3 aromatic carbocycles. The fourth-order valence-electron chi connectivity index (χ4n) is 4.09. The van der Waals surface area contributed by atoms with Crippen molar-refractivity contribution in [3.8, 4) is 0 Å². The van der Waals surface area contributed by atoms with Crippen molar-refractivity contribution in [2.45, 2.75) is 33.7 Å². The number of carbonyl (C=O) groups is 1. The zero-order valence-corrected chi connectivity index (χ0v) is 21.6. The molecule has 36 heavy (non-hydrogen) atoms. The number of para-hydroxylation sites is 1. The molecule has 0 aliphatic carbocycles. The van der Waals surface area contributed by atoms with Gasteiger partial charge in [0.15, 0.2) is 0 Å². The first-order valence-corrected chi connectivity index (χ1v) is 12.4. The molecule has 0 radical (unpaired) electrons. The second-order valence-electron chi connectivity index (χ2n) is 8.45. The molecule has 188 valence electrons. The van der Waals surface area contributed by atoms with E-state index >= 15 is 0 Å². The average molecular weight is 487 g/mol. The fourth-order valence-corrected chi connectivity index (χ4v) is 4.09. The molecular formula is C31H35FN2O2. The largest absolute Gasteiger partial charge is 0.465 e. The molecule has 0 atom stereocenters. The fraction of sp³-hybridized carbons (Fsp3) is 0.258. The summed E-state index contributed by atoms with van der Waals surface area (Å²) >= 11 is 0. The van der Waals surface area contributed by atoms with Crippen LogP contribution in [0, 0.1) is 12.7 Å². The van der Waals surface area contributed by atoms with Gasteiger partial charge in [-0.3, -0.25) is 4.90 Å². The molecule has 0 bridgehead atoms. The van der Waals surface area contributed by atoms with Crippen molar-refractivity contribution in [2.75, 3.05) is 20.2 Å². The van der Waals surface area contributed by atoms with Crippen LogP contribution in [-0.2, 0) is 11.3 Å². The molecule has 1 aliphatic rings. The first-order chi connectivity index (χ1) is 17.5. The van der Waals surface area contributed by atoms with Crippen LogP contribution in [0.1, 0.15) is 47.3 Å². The Kier molecular flexibility index (Phi) is 10.0. The number of hydrogen-bond acceptors (Lipinski definition) is 3. The number of aromatic amines is 1. The first-order valence-electron chi connectivity index (χ1n) is 12.4. The Morgan fingerprint density at radius 1 is 1.00 bits per heavy atom. The number of fused-ring (bicyclic) bond motifs is 1. The number of carbonyl (C=O) groups excluding carboxylic acids is 1.